The van der Waals surface area contributed by atoms with Gasteiger partial charge in [0.1, 0.15) is 0 Å². The molecule has 0 saturated heterocycles. The van der Waals surface area contributed by atoms with Crippen molar-refractivity contribution < 1.29 is 9.47 Å². The summed E-state index contributed by atoms with van der Waals surface area (Å²) < 4.78 is 13.1. The van der Waals surface area contributed by atoms with Crippen LogP contribution in [0.5, 0.6) is 0 Å². The van der Waals surface area contributed by atoms with Gasteiger partial charge >= 0.3 is 0 Å². The van der Waals surface area contributed by atoms with Gasteiger partial charge in [0.15, 0.2) is 0 Å². The Bertz CT molecular complexity index is 482. The fraction of sp³-hybridized carbons (Fsp3) is 0.588. The normalized spacial score (nSPS) is 10.9. The number of hydrogen-bond donors (Lipinski definition) is 0. The van der Waals surface area contributed by atoms with Crippen LogP contribution < -0.4 is 10.7 Å². The summed E-state index contributed by atoms with van der Waals surface area (Å²) in [5, 5.41) is 2.08. The van der Waals surface area contributed by atoms with E-state index in [0.29, 0.717) is 19.8 Å². The molecule has 1 aromatic heterocycles. The lowest BCUT2D eigenvalue weighted by Crippen LogP contribution is -2.24. The predicted octanol–water partition coefficient (Wildman–Crippen LogP) is 2.29. The SMILES string of the molecule is C=c1ccc(=C)n1CCCCCOCCOCCC(C)=S. The summed E-state index contributed by atoms with van der Waals surface area (Å²) in [4.78, 5) is 0.995. The average molecular weight is 309 g/mol. The van der Waals surface area contributed by atoms with Gasteiger partial charge in [0.2, 0.25) is 0 Å². The summed E-state index contributed by atoms with van der Waals surface area (Å²) in [6.45, 7) is 13.7. The Kier molecular flexibility index (Phi) is 9.22. The highest BCUT2D eigenvalue weighted by atomic mass is 32.1. The molecule has 0 saturated carbocycles. The number of unbranched alkanes of at least 4 members (excludes halogenated alkanes) is 2. The van der Waals surface area contributed by atoms with Crippen molar-refractivity contribution in [1.29, 1.82) is 0 Å². The zero-order chi connectivity index (χ0) is 15.5. The quantitative estimate of drug-likeness (QED) is 0.437. The zero-order valence-electron chi connectivity index (χ0n) is 13.1. The summed E-state index contributed by atoms with van der Waals surface area (Å²) in [7, 11) is 0. The molecule has 1 rings (SSSR count). The summed E-state index contributed by atoms with van der Waals surface area (Å²) in [5.41, 5.74) is 0. The van der Waals surface area contributed by atoms with Gasteiger partial charge in [0.25, 0.3) is 0 Å². The molecule has 0 unspecified atom stereocenters. The first-order chi connectivity index (χ1) is 10.1. The van der Waals surface area contributed by atoms with Crippen molar-refractivity contribution in [1.82, 2.24) is 4.57 Å². The monoisotopic (exact) mass is 309 g/mol. The van der Waals surface area contributed by atoms with Crippen molar-refractivity contribution in [2.75, 3.05) is 26.4 Å². The molecule has 0 spiro atoms. The zero-order valence-corrected chi connectivity index (χ0v) is 13.9. The fourth-order valence-corrected chi connectivity index (χ4v) is 2.12. The maximum Gasteiger partial charge on any atom is 0.0700 e. The average Bonchev–Trinajstić information content (AvgIpc) is 2.75. The summed E-state index contributed by atoms with van der Waals surface area (Å²) in [6.07, 6.45) is 4.23. The van der Waals surface area contributed by atoms with E-state index in [-0.39, 0.29) is 0 Å². The molecule has 21 heavy (non-hydrogen) atoms. The molecule has 0 atom stereocenters. The summed E-state index contributed by atoms with van der Waals surface area (Å²) in [5.74, 6) is 0. The molecule has 118 valence electrons. The van der Waals surface area contributed by atoms with Crippen LogP contribution in [0.2, 0.25) is 0 Å². The van der Waals surface area contributed by atoms with Gasteiger partial charge in [0, 0.05) is 30.3 Å². The molecule has 0 amide bonds. The number of aromatic nitrogens is 1. The highest BCUT2D eigenvalue weighted by Crippen LogP contribution is 1.97. The van der Waals surface area contributed by atoms with Crippen LogP contribution in [0.3, 0.4) is 0 Å². The van der Waals surface area contributed by atoms with Crippen LogP contribution in [0.25, 0.3) is 13.2 Å². The third kappa shape index (κ3) is 8.15. The van der Waals surface area contributed by atoms with E-state index in [4.69, 9.17) is 21.7 Å². The number of nitrogens with zero attached hydrogens (tertiary/aromatic N) is 1. The van der Waals surface area contributed by atoms with Crippen LogP contribution >= 0.6 is 12.2 Å². The second kappa shape index (κ2) is 10.7. The highest BCUT2D eigenvalue weighted by molar-refractivity contribution is 7.80. The molecular formula is C17H27NO2S. The Morgan fingerprint density at radius 1 is 1.00 bits per heavy atom. The second-order valence-electron chi connectivity index (χ2n) is 5.21. The molecule has 0 aliphatic carbocycles. The van der Waals surface area contributed by atoms with E-state index in [0.717, 1.165) is 54.4 Å². The third-order valence-corrected chi connectivity index (χ3v) is 3.51. The molecule has 0 aromatic carbocycles. The van der Waals surface area contributed by atoms with Gasteiger partial charge in [-0.15, -0.1) is 0 Å². The lowest BCUT2D eigenvalue weighted by molar-refractivity contribution is 0.0489. The van der Waals surface area contributed by atoms with Crippen molar-refractivity contribution in [3.05, 3.63) is 22.8 Å². The smallest absolute Gasteiger partial charge is 0.0700 e. The molecule has 4 heteroatoms. The number of thiocarbonyl (C=S) groups is 1. The lowest BCUT2D eigenvalue weighted by atomic mass is 10.2. The van der Waals surface area contributed by atoms with Gasteiger partial charge in [0.05, 0.1) is 19.8 Å². The number of rotatable bonds is 12. The minimum Gasteiger partial charge on any atom is -0.379 e. The van der Waals surface area contributed by atoms with E-state index < -0.39 is 0 Å². The van der Waals surface area contributed by atoms with Crippen LogP contribution in [-0.4, -0.2) is 35.9 Å². The predicted molar refractivity (Wildman–Crippen MR) is 93.1 cm³/mol. The van der Waals surface area contributed by atoms with Crippen LogP contribution in [0.15, 0.2) is 12.1 Å². The second-order valence-corrected chi connectivity index (χ2v) is 5.90. The van der Waals surface area contributed by atoms with Gasteiger partial charge in [-0.05, 0) is 43.2 Å². The minimum atomic E-state index is 0.654. The Hall–Kier alpha value is -0.970. The third-order valence-electron chi connectivity index (χ3n) is 3.30. The summed E-state index contributed by atoms with van der Waals surface area (Å²) in [6, 6.07) is 4.02. The van der Waals surface area contributed by atoms with E-state index >= 15 is 0 Å². The van der Waals surface area contributed by atoms with Gasteiger partial charge in [-0.1, -0.05) is 25.4 Å². The fourth-order valence-electron chi connectivity index (χ4n) is 2.03. The maximum absolute atomic E-state index is 5.54. The van der Waals surface area contributed by atoms with Crippen molar-refractivity contribution in [3.63, 3.8) is 0 Å². The van der Waals surface area contributed by atoms with Crippen molar-refractivity contribution in [2.24, 2.45) is 0 Å². The molecular weight excluding hydrogens is 282 g/mol. The van der Waals surface area contributed by atoms with Gasteiger partial charge < -0.3 is 14.0 Å². The van der Waals surface area contributed by atoms with Crippen molar-refractivity contribution in [3.8, 4) is 0 Å². The first kappa shape index (κ1) is 18.1. The Morgan fingerprint density at radius 2 is 1.62 bits per heavy atom. The topological polar surface area (TPSA) is 23.4 Å². The van der Waals surface area contributed by atoms with E-state index in [2.05, 4.69) is 17.7 Å². The number of hydrogen-bond acceptors (Lipinski definition) is 3. The number of ether oxygens (including phenoxy) is 2. The largest absolute Gasteiger partial charge is 0.379 e. The summed E-state index contributed by atoms with van der Waals surface area (Å²) >= 11 is 4.98. The maximum atomic E-state index is 5.54. The van der Waals surface area contributed by atoms with E-state index in [1.54, 1.807) is 0 Å². The lowest BCUT2D eigenvalue weighted by Gasteiger charge is -2.06. The molecule has 1 heterocycles. The van der Waals surface area contributed by atoms with Crippen molar-refractivity contribution in [2.45, 2.75) is 39.2 Å². The van der Waals surface area contributed by atoms with Crippen LogP contribution in [-0.2, 0) is 16.0 Å². The molecule has 0 aliphatic heterocycles. The van der Waals surface area contributed by atoms with Crippen molar-refractivity contribution >= 4 is 30.2 Å². The van der Waals surface area contributed by atoms with E-state index in [1.807, 2.05) is 19.1 Å². The van der Waals surface area contributed by atoms with E-state index in [1.165, 1.54) is 0 Å². The molecule has 0 radical (unpaired) electrons. The first-order valence-electron chi connectivity index (χ1n) is 7.59. The molecule has 0 N–H and O–H groups in total. The molecule has 3 nitrogen and oxygen atoms in total. The Labute approximate surface area is 133 Å². The van der Waals surface area contributed by atoms with E-state index in [9.17, 15) is 0 Å². The van der Waals surface area contributed by atoms with Gasteiger partial charge in [-0.2, -0.15) is 0 Å². The Balaban J connectivity index is 1.90. The molecule has 0 bridgehead atoms. The first-order valence-corrected chi connectivity index (χ1v) is 8.00. The minimum absolute atomic E-state index is 0.654. The highest BCUT2D eigenvalue weighted by Gasteiger charge is 1.96. The van der Waals surface area contributed by atoms with Crippen LogP contribution in [0.1, 0.15) is 32.6 Å². The molecule has 0 aliphatic rings. The molecule has 0 fully saturated rings. The Morgan fingerprint density at radius 3 is 2.24 bits per heavy atom. The van der Waals surface area contributed by atoms with Gasteiger partial charge in [-0.3, -0.25) is 0 Å². The van der Waals surface area contributed by atoms with Crippen LogP contribution in [0, 0.1) is 0 Å². The van der Waals surface area contributed by atoms with Crippen LogP contribution in [0.4, 0.5) is 0 Å². The standard InChI is InChI=1S/C17H27NO2S/c1-15-7-8-16(2)18(15)10-5-4-6-11-19-13-14-20-12-9-17(3)21/h7-8H,1-2,4-6,9-14H2,3H3. The molecule has 1 aromatic rings. The van der Waals surface area contributed by atoms with Gasteiger partial charge in [-0.25, -0.2) is 0 Å².